The summed E-state index contributed by atoms with van der Waals surface area (Å²) in [6, 6.07) is 5.82. The fraction of sp³-hybridized carbons (Fsp3) is 0.462. The van der Waals surface area contributed by atoms with Crippen LogP contribution in [0.15, 0.2) is 22.7 Å². The number of nitrogens with one attached hydrogen (secondary N) is 2. The van der Waals surface area contributed by atoms with Crippen molar-refractivity contribution in [3.63, 3.8) is 0 Å². The van der Waals surface area contributed by atoms with Gasteiger partial charge in [0, 0.05) is 22.3 Å². The molecule has 0 aliphatic carbocycles. The van der Waals surface area contributed by atoms with E-state index in [0.717, 1.165) is 22.3 Å². The third kappa shape index (κ3) is 4.96. The molecule has 0 fully saturated rings. The van der Waals surface area contributed by atoms with Gasteiger partial charge < -0.3 is 15.4 Å². The average molecular weight is 315 g/mol. The smallest absolute Gasteiger partial charge is 0.239 e. The van der Waals surface area contributed by atoms with Crippen LogP contribution in [-0.4, -0.2) is 25.6 Å². The molecule has 0 aromatic heterocycles. The Bertz CT molecular complexity index is 410. The number of carbonyl (C=O) groups is 1. The lowest BCUT2D eigenvalue weighted by Crippen LogP contribution is -2.36. The van der Waals surface area contributed by atoms with Crippen LogP contribution in [0.4, 0.5) is 5.69 Å². The second kappa shape index (κ2) is 7.26. The number of benzene rings is 1. The quantitative estimate of drug-likeness (QED) is 0.849. The zero-order valence-electron chi connectivity index (χ0n) is 10.9. The lowest BCUT2D eigenvalue weighted by molar-refractivity contribution is -0.120. The third-order valence-electron chi connectivity index (χ3n) is 2.58. The van der Waals surface area contributed by atoms with E-state index in [1.165, 1.54) is 0 Å². The van der Waals surface area contributed by atoms with Gasteiger partial charge in [0.25, 0.3) is 0 Å². The van der Waals surface area contributed by atoms with E-state index in [2.05, 4.69) is 26.6 Å². The van der Waals surface area contributed by atoms with Crippen molar-refractivity contribution in [2.45, 2.75) is 26.3 Å². The topological polar surface area (TPSA) is 50.4 Å². The molecule has 1 aromatic carbocycles. The van der Waals surface area contributed by atoms with Gasteiger partial charge in [-0.05, 0) is 25.5 Å². The van der Waals surface area contributed by atoms with E-state index in [9.17, 15) is 4.79 Å². The molecule has 1 amide bonds. The summed E-state index contributed by atoms with van der Waals surface area (Å²) in [7, 11) is 1.61. The lowest BCUT2D eigenvalue weighted by atomic mass is 10.2. The van der Waals surface area contributed by atoms with Crippen molar-refractivity contribution in [2.75, 3.05) is 19.0 Å². The number of hydrogen-bond donors (Lipinski definition) is 2. The Kier molecular flexibility index (Phi) is 5.98. The van der Waals surface area contributed by atoms with Crippen LogP contribution in [0.2, 0.25) is 0 Å². The molecule has 0 saturated carbocycles. The number of carbonyl (C=O) groups excluding carboxylic acids is 1. The van der Waals surface area contributed by atoms with Crippen LogP contribution in [0.1, 0.15) is 20.3 Å². The highest BCUT2D eigenvalue weighted by Gasteiger charge is 2.06. The van der Waals surface area contributed by atoms with Crippen molar-refractivity contribution in [2.24, 2.45) is 0 Å². The first-order valence-electron chi connectivity index (χ1n) is 5.93. The zero-order valence-corrected chi connectivity index (χ0v) is 12.5. The Labute approximate surface area is 116 Å². The molecule has 0 bridgehead atoms. The maximum Gasteiger partial charge on any atom is 0.239 e. The number of methoxy groups -OCH3 is 1. The third-order valence-corrected chi connectivity index (χ3v) is 3.04. The maximum absolute atomic E-state index is 11.6. The van der Waals surface area contributed by atoms with Crippen molar-refractivity contribution in [1.29, 1.82) is 0 Å². The van der Waals surface area contributed by atoms with Gasteiger partial charge in [-0.1, -0.05) is 22.9 Å². The molecule has 0 radical (unpaired) electrons. The van der Waals surface area contributed by atoms with E-state index in [-0.39, 0.29) is 18.5 Å². The number of rotatable bonds is 6. The largest absolute Gasteiger partial charge is 0.497 e. The highest BCUT2D eigenvalue weighted by molar-refractivity contribution is 9.10. The molecule has 100 valence electrons. The molecule has 2 N–H and O–H groups in total. The molecule has 1 atom stereocenters. The highest BCUT2D eigenvalue weighted by atomic mass is 79.9. The fourth-order valence-corrected chi connectivity index (χ4v) is 1.87. The second-order valence-electron chi connectivity index (χ2n) is 4.11. The van der Waals surface area contributed by atoms with Crippen molar-refractivity contribution >= 4 is 27.5 Å². The Balaban J connectivity index is 2.52. The first-order chi connectivity index (χ1) is 8.55. The van der Waals surface area contributed by atoms with Gasteiger partial charge >= 0.3 is 0 Å². The molecule has 0 saturated heterocycles. The predicted molar refractivity (Wildman–Crippen MR) is 77.1 cm³/mol. The van der Waals surface area contributed by atoms with Crippen LogP contribution in [0.25, 0.3) is 0 Å². The van der Waals surface area contributed by atoms with Gasteiger partial charge in [0.05, 0.1) is 13.7 Å². The van der Waals surface area contributed by atoms with Crippen molar-refractivity contribution < 1.29 is 9.53 Å². The van der Waals surface area contributed by atoms with Gasteiger partial charge in [-0.25, -0.2) is 0 Å². The second-order valence-corrected chi connectivity index (χ2v) is 5.03. The molecule has 0 aliphatic rings. The van der Waals surface area contributed by atoms with Crippen LogP contribution in [0, 0.1) is 0 Å². The van der Waals surface area contributed by atoms with Crippen LogP contribution >= 0.6 is 15.9 Å². The molecule has 1 rings (SSSR count). The van der Waals surface area contributed by atoms with Crippen LogP contribution < -0.4 is 15.4 Å². The summed E-state index contributed by atoms with van der Waals surface area (Å²) in [5.74, 6) is 0.734. The fourth-order valence-electron chi connectivity index (χ4n) is 1.39. The van der Waals surface area contributed by atoms with Crippen molar-refractivity contribution in [3.8, 4) is 5.75 Å². The number of hydrogen-bond acceptors (Lipinski definition) is 3. The highest BCUT2D eigenvalue weighted by Crippen LogP contribution is 2.24. The minimum absolute atomic E-state index is 0.0108. The lowest BCUT2D eigenvalue weighted by Gasteiger charge is -2.13. The summed E-state index contributed by atoms with van der Waals surface area (Å²) in [6.07, 6.45) is 0.927. The summed E-state index contributed by atoms with van der Waals surface area (Å²) in [6.45, 7) is 4.28. The van der Waals surface area contributed by atoms with Crippen molar-refractivity contribution in [3.05, 3.63) is 22.7 Å². The summed E-state index contributed by atoms with van der Waals surface area (Å²) in [5.41, 5.74) is 0.848. The Hall–Kier alpha value is -1.23. The molecule has 18 heavy (non-hydrogen) atoms. The van der Waals surface area contributed by atoms with Gasteiger partial charge in [0.1, 0.15) is 5.75 Å². The van der Waals surface area contributed by atoms with E-state index < -0.39 is 0 Å². The molecular formula is C13H19BrN2O2. The zero-order chi connectivity index (χ0) is 13.5. The summed E-state index contributed by atoms with van der Waals surface area (Å²) in [4.78, 5) is 11.6. The van der Waals surface area contributed by atoms with Crippen LogP contribution in [0.3, 0.4) is 0 Å². The first kappa shape index (κ1) is 14.8. The molecule has 0 heterocycles. The van der Waals surface area contributed by atoms with E-state index in [0.29, 0.717) is 0 Å². The first-order valence-corrected chi connectivity index (χ1v) is 6.72. The minimum Gasteiger partial charge on any atom is -0.497 e. The molecule has 1 unspecified atom stereocenters. The number of amides is 1. The van der Waals surface area contributed by atoms with Gasteiger partial charge in [0.15, 0.2) is 0 Å². The van der Waals surface area contributed by atoms with Gasteiger partial charge in [-0.2, -0.15) is 0 Å². The molecule has 0 aliphatic heterocycles. The summed E-state index contributed by atoms with van der Waals surface area (Å²) >= 11 is 3.39. The summed E-state index contributed by atoms with van der Waals surface area (Å²) in [5, 5.41) is 5.97. The van der Waals surface area contributed by atoms with Crippen LogP contribution in [-0.2, 0) is 4.79 Å². The standard InChI is InChI=1S/C13H19BrN2O2/c1-4-9(2)16-13(17)8-15-11-5-10(14)6-12(7-11)18-3/h5-7,9,15H,4,8H2,1-3H3,(H,16,17). The van der Waals surface area contributed by atoms with Crippen LogP contribution in [0.5, 0.6) is 5.75 Å². The van der Waals surface area contributed by atoms with E-state index in [1.54, 1.807) is 7.11 Å². The van der Waals surface area contributed by atoms with Gasteiger partial charge in [-0.3, -0.25) is 4.79 Å². The maximum atomic E-state index is 11.6. The van der Waals surface area contributed by atoms with Gasteiger partial charge in [-0.15, -0.1) is 0 Å². The molecular weight excluding hydrogens is 296 g/mol. The average Bonchev–Trinajstić information content (AvgIpc) is 2.35. The SMILES string of the molecule is CCC(C)NC(=O)CNc1cc(Br)cc(OC)c1. The normalized spacial score (nSPS) is 11.8. The minimum atomic E-state index is -0.0108. The number of ether oxygens (including phenoxy) is 1. The van der Waals surface area contributed by atoms with Crippen molar-refractivity contribution in [1.82, 2.24) is 5.32 Å². The summed E-state index contributed by atoms with van der Waals surface area (Å²) < 4.78 is 6.06. The monoisotopic (exact) mass is 314 g/mol. The Morgan fingerprint density at radius 1 is 1.44 bits per heavy atom. The Morgan fingerprint density at radius 2 is 2.17 bits per heavy atom. The Morgan fingerprint density at radius 3 is 2.78 bits per heavy atom. The number of anilines is 1. The molecule has 5 heteroatoms. The van der Waals surface area contributed by atoms with Gasteiger partial charge in [0.2, 0.25) is 5.91 Å². The molecule has 0 spiro atoms. The molecule has 4 nitrogen and oxygen atoms in total. The molecule has 1 aromatic rings. The van der Waals surface area contributed by atoms with E-state index in [4.69, 9.17) is 4.74 Å². The number of halogens is 1. The van der Waals surface area contributed by atoms with E-state index >= 15 is 0 Å². The van der Waals surface area contributed by atoms with E-state index in [1.807, 2.05) is 32.0 Å². The predicted octanol–water partition coefficient (Wildman–Crippen LogP) is 2.78.